The highest BCUT2D eigenvalue weighted by Crippen LogP contribution is 2.31. The van der Waals surface area contributed by atoms with Gasteiger partial charge in [-0.1, -0.05) is 12.1 Å². The Labute approximate surface area is 101 Å². The Morgan fingerprint density at radius 3 is 2.17 bits per heavy atom. The van der Waals surface area contributed by atoms with Crippen LogP contribution in [-0.2, 0) is 11.0 Å². The highest BCUT2D eigenvalue weighted by molar-refractivity contribution is 6.22. The monoisotopic (exact) mass is 257 g/mol. The topological polar surface area (TPSA) is 40.5 Å². The Morgan fingerprint density at radius 1 is 1.22 bits per heavy atom. The van der Waals surface area contributed by atoms with Gasteiger partial charge in [0.15, 0.2) is 0 Å². The van der Waals surface area contributed by atoms with E-state index in [0.29, 0.717) is 0 Å². The van der Waals surface area contributed by atoms with Crippen molar-refractivity contribution in [3.05, 3.63) is 41.2 Å². The van der Waals surface area contributed by atoms with Gasteiger partial charge in [0, 0.05) is 7.05 Å². The second kappa shape index (κ2) is 4.04. The summed E-state index contributed by atoms with van der Waals surface area (Å²) < 4.78 is 37.1. The maximum atomic E-state index is 12.4. The zero-order valence-electron chi connectivity index (χ0n) is 9.45. The molecular weight excluding hydrogens is 247 g/mol. The molecular formula is C12H10F3NO2. The van der Waals surface area contributed by atoms with E-state index in [-0.39, 0.29) is 23.4 Å². The summed E-state index contributed by atoms with van der Waals surface area (Å²) >= 11 is 0. The molecule has 1 amide bonds. The van der Waals surface area contributed by atoms with Crippen LogP contribution in [0.2, 0.25) is 0 Å². The fourth-order valence-corrected chi connectivity index (χ4v) is 1.81. The summed E-state index contributed by atoms with van der Waals surface area (Å²) in [7, 11) is 1.51. The Hall–Kier alpha value is -1.98. The number of alkyl halides is 3. The fourth-order valence-electron chi connectivity index (χ4n) is 1.81. The first-order chi connectivity index (χ1) is 8.30. The number of aliphatic hydroxyl groups excluding tert-OH is 1. The number of aliphatic hydroxyl groups is 1. The fraction of sp³-hybridized carbons (Fsp3) is 0.250. The largest absolute Gasteiger partial charge is 0.510 e. The quantitative estimate of drug-likeness (QED) is 0.839. The molecule has 0 saturated carbocycles. The molecule has 0 aromatic heterocycles. The summed E-state index contributed by atoms with van der Waals surface area (Å²) in [6, 6.07) is 4.15. The Balaban J connectivity index is 2.37. The number of carbonyl (C=O) groups excluding carboxylic acids is 1. The summed E-state index contributed by atoms with van der Waals surface area (Å²) in [4.78, 5) is 13.0. The third-order valence-electron chi connectivity index (χ3n) is 2.74. The van der Waals surface area contributed by atoms with Gasteiger partial charge in [0.05, 0.1) is 17.7 Å². The van der Waals surface area contributed by atoms with Crippen LogP contribution in [0.4, 0.5) is 13.2 Å². The molecule has 0 radical (unpaired) electrons. The van der Waals surface area contributed by atoms with E-state index in [1.54, 1.807) is 0 Å². The van der Waals surface area contributed by atoms with Crippen LogP contribution in [-0.4, -0.2) is 29.5 Å². The van der Waals surface area contributed by atoms with Crippen molar-refractivity contribution < 1.29 is 23.1 Å². The van der Waals surface area contributed by atoms with Crippen LogP contribution in [0.25, 0.3) is 5.57 Å². The van der Waals surface area contributed by atoms with Crippen molar-refractivity contribution in [2.24, 2.45) is 0 Å². The summed E-state index contributed by atoms with van der Waals surface area (Å²) in [6.45, 7) is 0.0786. The highest BCUT2D eigenvalue weighted by atomic mass is 19.4. The number of hydrogen-bond donors (Lipinski definition) is 1. The lowest BCUT2D eigenvalue weighted by molar-refractivity contribution is -0.137. The normalized spacial score (nSPS) is 16.7. The van der Waals surface area contributed by atoms with Gasteiger partial charge < -0.3 is 10.0 Å². The molecule has 0 aliphatic carbocycles. The molecule has 1 aromatic rings. The SMILES string of the molecule is CN1CC(O)=C(c2ccc(C(F)(F)F)cc2)C1=O. The third-order valence-corrected chi connectivity index (χ3v) is 2.74. The number of likely N-dealkylation sites (N-methyl/N-ethyl adjacent to an activating group) is 1. The maximum absolute atomic E-state index is 12.4. The molecule has 1 aromatic carbocycles. The average Bonchev–Trinajstić information content (AvgIpc) is 2.52. The Morgan fingerprint density at radius 2 is 1.78 bits per heavy atom. The maximum Gasteiger partial charge on any atom is 0.416 e. The van der Waals surface area contributed by atoms with Crippen LogP contribution in [0, 0.1) is 0 Å². The summed E-state index contributed by atoms with van der Waals surface area (Å²) in [6.07, 6.45) is -4.41. The van der Waals surface area contributed by atoms with E-state index in [1.165, 1.54) is 24.1 Å². The van der Waals surface area contributed by atoms with Crippen LogP contribution >= 0.6 is 0 Å². The van der Waals surface area contributed by atoms with Crippen LogP contribution in [0.1, 0.15) is 11.1 Å². The van der Waals surface area contributed by atoms with Gasteiger partial charge in [-0.15, -0.1) is 0 Å². The van der Waals surface area contributed by atoms with Gasteiger partial charge in [-0.25, -0.2) is 0 Å². The molecule has 1 aliphatic rings. The number of rotatable bonds is 1. The van der Waals surface area contributed by atoms with Crippen molar-refractivity contribution >= 4 is 11.5 Å². The predicted molar refractivity (Wildman–Crippen MR) is 58.6 cm³/mol. The molecule has 18 heavy (non-hydrogen) atoms. The molecule has 2 rings (SSSR count). The third kappa shape index (κ3) is 2.05. The number of nitrogens with zero attached hydrogens (tertiary/aromatic N) is 1. The average molecular weight is 257 g/mol. The van der Waals surface area contributed by atoms with Crippen LogP contribution < -0.4 is 0 Å². The Kier molecular flexibility index (Phi) is 2.80. The lowest BCUT2D eigenvalue weighted by Gasteiger charge is -2.09. The van der Waals surface area contributed by atoms with Gasteiger partial charge in [-0.3, -0.25) is 4.79 Å². The number of carbonyl (C=O) groups is 1. The molecule has 0 saturated heterocycles. The second-order valence-corrected chi connectivity index (χ2v) is 4.06. The van der Waals surface area contributed by atoms with Crippen molar-refractivity contribution in [3.8, 4) is 0 Å². The van der Waals surface area contributed by atoms with Gasteiger partial charge in [-0.2, -0.15) is 13.2 Å². The second-order valence-electron chi connectivity index (χ2n) is 4.06. The van der Waals surface area contributed by atoms with Gasteiger partial charge in [0.2, 0.25) is 0 Å². The van der Waals surface area contributed by atoms with Crippen LogP contribution in [0.15, 0.2) is 30.0 Å². The van der Waals surface area contributed by atoms with Crippen LogP contribution in [0.5, 0.6) is 0 Å². The summed E-state index contributed by atoms with van der Waals surface area (Å²) in [5.41, 5.74) is -0.439. The van der Waals surface area contributed by atoms with E-state index in [0.717, 1.165) is 12.1 Å². The first kappa shape index (κ1) is 12.5. The molecule has 3 nitrogen and oxygen atoms in total. The molecule has 1 N–H and O–H groups in total. The summed E-state index contributed by atoms with van der Waals surface area (Å²) in [5, 5.41) is 9.61. The number of hydrogen-bond acceptors (Lipinski definition) is 2. The minimum Gasteiger partial charge on any atom is -0.510 e. The van der Waals surface area contributed by atoms with Gasteiger partial charge >= 0.3 is 6.18 Å². The first-order valence-electron chi connectivity index (χ1n) is 5.16. The molecule has 0 fully saturated rings. The lowest BCUT2D eigenvalue weighted by atomic mass is 10.0. The number of amides is 1. The molecule has 0 atom stereocenters. The van der Waals surface area contributed by atoms with Crippen molar-refractivity contribution in [3.63, 3.8) is 0 Å². The van der Waals surface area contributed by atoms with Gasteiger partial charge in [-0.05, 0) is 17.7 Å². The van der Waals surface area contributed by atoms with E-state index < -0.39 is 17.6 Å². The molecule has 6 heteroatoms. The molecule has 1 heterocycles. The van der Waals surface area contributed by atoms with E-state index in [9.17, 15) is 23.1 Å². The smallest absolute Gasteiger partial charge is 0.416 e. The summed E-state index contributed by atoms with van der Waals surface area (Å²) in [5.74, 6) is -0.519. The van der Waals surface area contributed by atoms with E-state index in [4.69, 9.17) is 0 Å². The standard InChI is InChI=1S/C12H10F3NO2/c1-16-6-9(17)10(11(16)18)7-2-4-8(5-3-7)12(13,14)15/h2-5,17H,6H2,1H3. The number of benzene rings is 1. The van der Waals surface area contributed by atoms with E-state index in [2.05, 4.69) is 0 Å². The van der Waals surface area contributed by atoms with Crippen LogP contribution in [0.3, 0.4) is 0 Å². The minimum absolute atomic E-state index is 0.0613. The Bertz CT molecular complexity index is 517. The molecule has 0 unspecified atom stereocenters. The molecule has 1 aliphatic heterocycles. The lowest BCUT2D eigenvalue weighted by Crippen LogP contribution is -2.21. The zero-order chi connectivity index (χ0) is 13.5. The van der Waals surface area contributed by atoms with E-state index >= 15 is 0 Å². The first-order valence-corrected chi connectivity index (χ1v) is 5.16. The minimum atomic E-state index is -4.41. The van der Waals surface area contributed by atoms with Gasteiger partial charge in [0.25, 0.3) is 5.91 Å². The predicted octanol–water partition coefficient (Wildman–Crippen LogP) is 2.45. The molecule has 96 valence electrons. The highest BCUT2D eigenvalue weighted by Gasteiger charge is 2.32. The van der Waals surface area contributed by atoms with Crippen molar-refractivity contribution in [1.82, 2.24) is 4.90 Å². The molecule has 0 spiro atoms. The van der Waals surface area contributed by atoms with Crippen molar-refractivity contribution in [2.75, 3.05) is 13.6 Å². The van der Waals surface area contributed by atoms with Gasteiger partial charge in [0.1, 0.15) is 5.76 Å². The van der Waals surface area contributed by atoms with E-state index in [1.807, 2.05) is 0 Å². The zero-order valence-corrected chi connectivity index (χ0v) is 9.45. The number of halogens is 3. The van der Waals surface area contributed by atoms with Crippen molar-refractivity contribution in [1.29, 1.82) is 0 Å². The molecule has 0 bridgehead atoms. The van der Waals surface area contributed by atoms with Crippen molar-refractivity contribution in [2.45, 2.75) is 6.18 Å².